The number of rotatable bonds is 5. The maximum atomic E-state index is 11.8. The number of benzene rings is 1. The molecule has 112 valence electrons. The number of carbonyl (C=O) groups is 1. The van der Waals surface area contributed by atoms with Gasteiger partial charge in [0.15, 0.2) is 9.84 Å². The fourth-order valence-electron chi connectivity index (χ4n) is 2.02. The third kappa shape index (κ3) is 3.39. The Balaban J connectivity index is 3.16. The fourth-order valence-corrected chi connectivity index (χ4v) is 2.58. The van der Waals surface area contributed by atoms with Crippen molar-refractivity contribution in [3.8, 4) is 0 Å². The van der Waals surface area contributed by atoms with Gasteiger partial charge in [-0.05, 0) is 25.0 Å². The maximum Gasteiger partial charge on any atom is 0.304 e. The van der Waals surface area contributed by atoms with Gasteiger partial charge in [0.2, 0.25) is 0 Å². The molecule has 1 rings (SSSR count). The summed E-state index contributed by atoms with van der Waals surface area (Å²) < 4.78 is 22.7. The van der Waals surface area contributed by atoms with E-state index in [9.17, 15) is 13.2 Å². The van der Waals surface area contributed by atoms with Crippen LogP contribution in [-0.2, 0) is 24.8 Å². The summed E-state index contributed by atoms with van der Waals surface area (Å²) in [7, 11) is -3.22. The van der Waals surface area contributed by atoms with E-state index in [0.717, 1.165) is 5.56 Å². The van der Waals surface area contributed by atoms with Crippen molar-refractivity contribution in [2.75, 3.05) is 6.26 Å². The molecule has 0 unspecified atom stereocenters. The summed E-state index contributed by atoms with van der Waals surface area (Å²) in [4.78, 5) is 10.9. The van der Waals surface area contributed by atoms with Crippen molar-refractivity contribution in [3.05, 3.63) is 35.4 Å². The molecule has 1 aromatic rings. The molecule has 20 heavy (non-hydrogen) atoms. The van der Waals surface area contributed by atoms with Crippen LogP contribution in [-0.4, -0.2) is 25.7 Å². The van der Waals surface area contributed by atoms with Crippen molar-refractivity contribution in [1.82, 2.24) is 0 Å². The smallest absolute Gasteiger partial charge is 0.304 e. The van der Waals surface area contributed by atoms with Crippen LogP contribution in [0.5, 0.6) is 0 Å². The average Bonchev–Trinajstić information content (AvgIpc) is 2.26. The Morgan fingerprint density at radius 1 is 1.05 bits per heavy atom. The zero-order valence-electron chi connectivity index (χ0n) is 12.6. The van der Waals surface area contributed by atoms with E-state index in [1.807, 2.05) is 26.0 Å². The molecule has 5 heteroatoms. The lowest BCUT2D eigenvalue weighted by Crippen LogP contribution is -2.28. The summed E-state index contributed by atoms with van der Waals surface area (Å²) >= 11 is 0. The van der Waals surface area contributed by atoms with Crippen LogP contribution in [0.25, 0.3) is 0 Å². The molecule has 0 bridgehead atoms. The van der Waals surface area contributed by atoms with Crippen molar-refractivity contribution < 1.29 is 18.3 Å². The van der Waals surface area contributed by atoms with Crippen molar-refractivity contribution in [2.45, 2.75) is 44.3 Å². The van der Waals surface area contributed by atoms with Crippen LogP contribution in [0.1, 0.15) is 45.2 Å². The van der Waals surface area contributed by atoms with Gasteiger partial charge >= 0.3 is 5.97 Å². The van der Waals surface area contributed by atoms with Crippen molar-refractivity contribution in [3.63, 3.8) is 0 Å². The molecule has 0 spiro atoms. The molecule has 1 N–H and O–H groups in total. The Bertz CT molecular complexity index is 595. The average molecular weight is 298 g/mol. The quantitative estimate of drug-likeness (QED) is 0.907. The number of aliphatic carboxylic acids is 1. The molecule has 0 aromatic heterocycles. The molecule has 4 nitrogen and oxygen atoms in total. The Kier molecular flexibility index (Phi) is 4.34. The third-order valence-corrected chi connectivity index (χ3v) is 5.97. The summed E-state index contributed by atoms with van der Waals surface area (Å²) in [5, 5.41) is 8.92. The van der Waals surface area contributed by atoms with Crippen LogP contribution in [0.3, 0.4) is 0 Å². The van der Waals surface area contributed by atoms with Crippen molar-refractivity contribution >= 4 is 15.8 Å². The standard InChI is InChI=1S/C15H22O4S/c1-14(2,10-13(16)17)11-6-8-12(9-7-11)15(3,4)20(5,18)19/h6-9H,10H2,1-5H3,(H,16,17). The lowest BCUT2D eigenvalue weighted by atomic mass is 9.81. The van der Waals surface area contributed by atoms with E-state index in [2.05, 4.69) is 0 Å². The van der Waals surface area contributed by atoms with Gasteiger partial charge in [-0.15, -0.1) is 0 Å². The van der Waals surface area contributed by atoms with Gasteiger partial charge in [-0.2, -0.15) is 0 Å². The summed E-state index contributed by atoms with van der Waals surface area (Å²) in [6.07, 6.45) is 1.25. The van der Waals surface area contributed by atoms with Crippen LogP contribution < -0.4 is 0 Å². The van der Waals surface area contributed by atoms with E-state index < -0.39 is 26.0 Å². The molecular weight excluding hydrogens is 276 g/mol. The Morgan fingerprint density at radius 3 is 1.80 bits per heavy atom. The summed E-state index contributed by atoms with van der Waals surface area (Å²) in [5.74, 6) is -0.851. The minimum atomic E-state index is -3.22. The highest BCUT2D eigenvalue weighted by atomic mass is 32.2. The zero-order valence-corrected chi connectivity index (χ0v) is 13.4. The molecule has 0 aliphatic carbocycles. The lowest BCUT2D eigenvalue weighted by molar-refractivity contribution is -0.138. The molecule has 0 aliphatic rings. The summed E-state index contributed by atoms with van der Waals surface area (Å²) in [6, 6.07) is 7.15. The lowest BCUT2D eigenvalue weighted by Gasteiger charge is -2.26. The first-order valence-electron chi connectivity index (χ1n) is 6.40. The van der Waals surface area contributed by atoms with Gasteiger partial charge in [0, 0.05) is 11.7 Å². The highest BCUT2D eigenvalue weighted by molar-refractivity contribution is 7.91. The number of hydrogen-bond donors (Lipinski definition) is 1. The molecule has 0 amide bonds. The van der Waals surface area contributed by atoms with Gasteiger partial charge < -0.3 is 5.11 Å². The van der Waals surface area contributed by atoms with E-state index in [4.69, 9.17) is 5.11 Å². The molecule has 0 fully saturated rings. The van der Waals surface area contributed by atoms with Gasteiger partial charge in [-0.3, -0.25) is 4.79 Å². The van der Waals surface area contributed by atoms with Crippen molar-refractivity contribution in [2.24, 2.45) is 0 Å². The molecule has 0 saturated carbocycles. The van der Waals surface area contributed by atoms with Crippen LogP contribution in [0.4, 0.5) is 0 Å². The highest BCUT2D eigenvalue weighted by Crippen LogP contribution is 2.32. The number of sulfone groups is 1. The van der Waals surface area contributed by atoms with Gasteiger partial charge in [0.05, 0.1) is 11.2 Å². The van der Waals surface area contributed by atoms with E-state index in [-0.39, 0.29) is 6.42 Å². The SMILES string of the molecule is CC(C)(CC(=O)O)c1ccc(C(C)(C)S(C)(=O)=O)cc1. The first-order valence-corrected chi connectivity index (χ1v) is 8.29. The predicted molar refractivity (Wildman–Crippen MR) is 79.6 cm³/mol. The number of carboxylic acids is 1. The second-order valence-corrected chi connectivity index (χ2v) is 8.88. The molecule has 0 atom stereocenters. The maximum absolute atomic E-state index is 11.8. The number of hydrogen-bond acceptors (Lipinski definition) is 3. The zero-order chi connectivity index (χ0) is 15.8. The molecule has 0 heterocycles. The largest absolute Gasteiger partial charge is 0.481 e. The molecule has 0 radical (unpaired) electrons. The third-order valence-electron chi connectivity index (χ3n) is 3.88. The number of carboxylic acid groups (broad SMARTS) is 1. The Morgan fingerprint density at radius 2 is 1.45 bits per heavy atom. The molecule has 0 saturated heterocycles. The van der Waals surface area contributed by atoms with E-state index in [1.165, 1.54) is 6.26 Å². The van der Waals surface area contributed by atoms with E-state index in [1.54, 1.807) is 26.0 Å². The Hall–Kier alpha value is -1.36. The van der Waals surface area contributed by atoms with Crippen LogP contribution >= 0.6 is 0 Å². The summed E-state index contributed by atoms with van der Waals surface area (Å²) in [6.45, 7) is 7.05. The van der Waals surface area contributed by atoms with Gasteiger partial charge in [-0.1, -0.05) is 38.1 Å². The first kappa shape index (κ1) is 16.7. The second-order valence-electron chi connectivity index (χ2n) is 6.31. The van der Waals surface area contributed by atoms with Gasteiger partial charge in [-0.25, -0.2) is 8.42 Å². The molecule has 1 aromatic carbocycles. The van der Waals surface area contributed by atoms with Crippen LogP contribution in [0, 0.1) is 0 Å². The van der Waals surface area contributed by atoms with Crippen molar-refractivity contribution in [1.29, 1.82) is 0 Å². The van der Waals surface area contributed by atoms with Crippen LogP contribution in [0.2, 0.25) is 0 Å². The fraction of sp³-hybridized carbons (Fsp3) is 0.533. The van der Waals surface area contributed by atoms with E-state index >= 15 is 0 Å². The summed E-state index contributed by atoms with van der Waals surface area (Å²) in [5.41, 5.74) is 1.10. The topological polar surface area (TPSA) is 71.4 Å². The molecular formula is C15H22O4S. The first-order chi connectivity index (χ1) is 8.88. The van der Waals surface area contributed by atoms with Gasteiger partial charge in [0.25, 0.3) is 0 Å². The minimum absolute atomic E-state index is 0.0296. The second kappa shape index (κ2) is 5.20. The van der Waals surface area contributed by atoms with E-state index in [0.29, 0.717) is 5.56 Å². The van der Waals surface area contributed by atoms with Gasteiger partial charge in [0.1, 0.15) is 0 Å². The Labute approximate surface area is 120 Å². The monoisotopic (exact) mass is 298 g/mol. The minimum Gasteiger partial charge on any atom is -0.481 e. The highest BCUT2D eigenvalue weighted by Gasteiger charge is 2.32. The normalized spacial score (nSPS) is 13.2. The molecule has 0 aliphatic heterocycles. The van der Waals surface area contributed by atoms with Crippen LogP contribution in [0.15, 0.2) is 24.3 Å². The predicted octanol–water partition coefficient (Wildman–Crippen LogP) is 2.72.